The molecule has 0 radical (unpaired) electrons. The number of rotatable bonds is 4. The van der Waals surface area contributed by atoms with Gasteiger partial charge in [-0.3, -0.25) is 0 Å². The Kier molecular flexibility index (Phi) is 7.62. The molecule has 0 N–H and O–H groups in total. The van der Waals surface area contributed by atoms with E-state index in [-0.39, 0.29) is 6.71 Å². The fourth-order valence-electron chi connectivity index (χ4n) is 18.7. The first kappa shape index (κ1) is 40.1. The summed E-state index contributed by atoms with van der Waals surface area (Å²) in [7, 11) is 0. The Balaban J connectivity index is 1.03. The van der Waals surface area contributed by atoms with Crippen molar-refractivity contribution in [3.63, 3.8) is 0 Å². The molecule has 4 atom stereocenters. The number of fused-ring (bicyclic) bond motifs is 15. The Bertz CT molecular complexity index is 4250. The van der Waals surface area contributed by atoms with Gasteiger partial charge in [0.1, 0.15) is 0 Å². The van der Waals surface area contributed by atoms with E-state index in [4.69, 9.17) is 0 Å². The van der Waals surface area contributed by atoms with Gasteiger partial charge in [0.05, 0.1) is 22.1 Å². The number of benzene rings is 9. The molecule has 3 heteroatoms. The summed E-state index contributed by atoms with van der Waals surface area (Å²) in [5.74, 6) is 4.68. The minimum Gasteiger partial charge on any atom is -0.310 e. The number of hydrogen-bond donors (Lipinski definition) is 0. The third-order valence-corrected chi connectivity index (χ3v) is 21.4. The van der Waals surface area contributed by atoms with Crippen molar-refractivity contribution in [3.05, 3.63) is 209 Å². The van der Waals surface area contributed by atoms with Gasteiger partial charge >= 0.3 is 0 Å². The highest BCUT2D eigenvalue weighted by atomic mass is 15.1. The summed E-state index contributed by atoms with van der Waals surface area (Å²) in [6.45, 7) is 0.0301. The van der Waals surface area contributed by atoms with Gasteiger partial charge < -0.3 is 9.13 Å². The molecule has 19 rings (SSSR count). The molecule has 9 aromatic carbocycles. The molecule has 4 fully saturated rings. The van der Waals surface area contributed by atoms with E-state index in [1.54, 1.807) is 11.1 Å². The summed E-state index contributed by atoms with van der Waals surface area (Å²) in [5.41, 5.74) is 27.9. The monoisotopic (exact) mass is 946 g/mol. The molecule has 2 nitrogen and oxygen atoms in total. The summed E-state index contributed by atoms with van der Waals surface area (Å²) in [6.07, 6.45) is 13.8. The quantitative estimate of drug-likeness (QED) is 0.156. The molecule has 74 heavy (non-hydrogen) atoms. The Hall–Kier alpha value is -7.36. The van der Waals surface area contributed by atoms with Crippen LogP contribution in [0.5, 0.6) is 0 Å². The lowest BCUT2D eigenvalue weighted by molar-refractivity contribution is 0.457. The molecule has 352 valence electrons. The van der Waals surface area contributed by atoms with Crippen molar-refractivity contribution in [1.82, 2.24) is 9.13 Å². The molecular formula is C71H55BN2. The van der Waals surface area contributed by atoms with Crippen LogP contribution in [0.2, 0.25) is 0 Å². The normalized spacial score (nSPS) is 23.5. The maximum absolute atomic E-state index is 2.88. The SMILES string of the molecule is c1ccc(-c2c(-c3ccccc3)n3c4c(c5ccccc5cc24)B2c4c-3ccc3c4-n4c5c2cc(C2CC6CCCC6C2)cc5c2cc(C5CC6CCCC6C5)cc(c24)C32c3ccccc3-c3ccccc32)cc1. The smallest absolute Gasteiger partial charge is 0.253 e. The zero-order chi connectivity index (χ0) is 47.7. The van der Waals surface area contributed by atoms with Crippen molar-refractivity contribution >= 4 is 66.6 Å². The largest absolute Gasteiger partial charge is 0.310 e. The minimum absolute atomic E-state index is 0.0301. The van der Waals surface area contributed by atoms with Crippen LogP contribution >= 0.6 is 0 Å². The third kappa shape index (κ3) is 4.76. The van der Waals surface area contributed by atoms with Gasteiger partial charge in [-0.05, 0) is 168 Å². The number of aromatic nitrogens is 2. The molecule has 0 amide bonds. The summed E-state index contributed by atoms with van der Waals surface area (Å²) in [6, 6.07) is 70.1. The summed E-state index contributed by atoms with van der Waals surface area (Å²) >= 11 is 0. The average molecular weight is 947 g/mol. The number of nitrogens with zero attached hydrogens (tertiary/aromatic N) is 2. The summed E-state index contributed by atoms with van der Waals surface area (Å²) in [4.78, 5) is 0. The van der Waals surface area contributed by atoms with Crippen molar-refractivity contribution in [2.45, 2.75) is 81.5 Å². The van der Waals surface area contributed by atoms with E-state index >= 15 is 0 Å². The van der Waals surface area contributed by atoms with Gasteiger partial charge in [0.25, 0.3) is 6.71 Å². The maximum atomic E-state index is 2.88. The summed E-state index contributed by atoms with van der Waals surface area (Å²) in [5, 5.41) is 7.03. The van der Waals surface area contributed by atoms with Crippen molar-refractivity contribution in [3.8, 4) is 44.9 Å². The van der Waals surface area contributed by atoms with Crippen LogP contribution in [-0.4, -0.2) is 15.8 Å². The number of hydrogen-bond acceptors (Lipinski definition) is 0. The first-order valence-electron chi connectivity index (χ1n) is 28.5. The highest BCUT2D eigenvalue weighted by molar-refractivity contribution is 7.01. The molecule has 11 aromatic rings. The minimum atomic E-state index is -0.499. The lowest BCUT2D eigenvalue weighted by Crippen LogP contribution is -2.60. The van der Waals surface area contributed by atoms with Gasteiger partial charge in [0.2, 0.25) is 0 Å². The molecular weight excluding hydrogens is 892 g/mol. The first-order chi connectivity index (χ1) is 36.7. The van der Waals surface area contributed by atoms with Crippen molar-refractivity contribution in [2.24, 2.45) is 23.7 Å². The average Bonchev–Trinajstić information content (AvgIpc) is 4.35. The highest BCUT2D eigenvalue weighted by Gasteiger charge is 2.55. The molecule has 8 aliphatic rings. The van der Waals surface area contributed by atoms with E-state index in [2.05, 4.69) is 185 Å². The van der Waals surface area contributed by atoms with Crippen LogP contribution in [0, 0.1) is 23.7 Å². The first-order valence-corrected chi connectivity index (χ1v) is 28.5. The van der Waals surface area contributed by atoms with E-state index in [9.17, 15) is 0 Å². The van der Waals surface area contributed by atoms with Gasteiger partial charge in [-0.15, -0.1) is 0 Å². The lowest BCUT2D eigenvalue weighted by atomic mass is 9.33. The Labute approximate surface area is 432 Å². The van der Waals surface area contributed by atoms with E-state index in [1.165, 1.54) is 191 Å². The van der Waals surface area contributed by atoms with Crippen molar-refractivity contribution in [2.75, 3.05) is 0 Å². The van der Waals surface area contributed by atoms with Crippen LogP contribution in [0.3, 0.4) is 0 Å². The van der Waals surface area contributed by atoms with Crippen LogP contribution in [0.4, 0.5) is 0 Å². The lowest BCUT2D eigenvalue weighted by Gasteiger charge is -2.44. The topological polar surface area (TPSA) is 9.86 Å². The van der Waals surface area contributed by atoms with Gasteiger partial charge in [-0.1, -0.05) is 190 Å². The van der Waals surface area contributed by atoms with Crippen LogP contribution in [-0.2, 0) is 5.41 Å². The molecule has 0 saturated heterocycles. The molecule has 4 saturated carbocycles. The van der Waals surface area contributed by atoms with E-state index in [0.29, 0.717) is 11.8 Å². The summed E-state index contributed by atoms with van der Waals surface area (Å²) < 4.78 is 5.64. The standard InChI is InChI=1S/C71H55BN2/c1-3-15-40(16-4-1)63-56-35-46-19-7-8-24-51(46)64-69(56)73(66(63)41-17-5-2-6-18-41)62-30-29-59-70-65(62)72(64)61-39-50(48-33-44-22-14-23-45(44)34-48)37-55-54-36-49(47-31-42-20-13-21-43(42)32-47)38-60(67(54)74(70)68(55)61)71(59)57-27-11-9-25-52(57)53-26-10-12-28-58(53)71/h1-12,15-19,24-30,35-39,42-45,47-48H,13-14,20-23,31-34H2. The maximum Gasteiger partial charge on any atom is 0.253 e. The molecule has 1 spiro atoms. The highest BCUT2D eigenvalue weighted by Crippen LogP contribution is 2.63. The Morgan fingerprint density at radius 2 is 1.00 bits per heavy atom. The van der Waals surface area contributed by atoms with E-state index in [1.807, 2.05) is 0 Å². The van der Waals surface area contributed by atoms with Crippen LogP contribution in [0.25, 0.3) is 88.4 Å². The van der Waals surface area contributed by atoms with Gasteiger partial charge in [0.15, 0.2) is 0 Å². The molecule has 2 aromatic heterocycles. The molecule has 5 aliphatic carbocycles. The van der Waals surface area contributed by atoms with Crippen LogP contribution in [0.15, 0.2) is 176 Å². The molecule has 0 bridgehead atoms. The fourth-order valence-corrected chi connectivity index (χ4v) is 18.7. The second-order valence-electron chi connectivity index (χ2n) is 24.4. The second-order valence-corrected chi connectivity index (χ2v) is 24.4. The predicted octanol–water partition coefficient (Wildman–Crippen LogP) is 15.6. The molecule has 4 unspecified atom stereocenters. The fraction of sp³-hybridized carbons (Fsp3) is 0.239. The zero-order valence-electron chi connectivity index (χ0n) is 41.8. The van der Waals surface area contributed by atoms with Crippen LogP contribution in [0.1, 0.15) is 109 Å². The molecule has 5 heterocycles. The van der Waals surface area contributed by atoms with Gasteiger partial charge in [0, 0.05) is 38.6 Å². The van der Waals surface area contributed by atoms with E-state index in [0.717, 1.165) is 23.7 Å². The molecule has 3 aliphatic heterocycles. The van der Waals surface area contributed by atoms with Crippen molar-refractivity contribution < 1.29 is 0 Å². The van der Waals surface area contributed by atoms with Crippen molar-refractivity contribution in [1.29, 1.82) is 0 Å². The van der Waals surface area contributed by atoms with Gasteiger partial charge in [-0.2, -0.15) is 0 Å². The van der Waals surface area contributed by atoms with E-state index < -0.39 is 5.41 Å². The third-order valence-electron chi connectivity index (χ3n) is 21.4. The predicted molar refractivity (Wildman–Crippen MR) is 307 cm³/mol. The van der Waals surface area contributed by atoms with Crippen LogP contribution < -0.4 is 16.4 Å². The second kappa shape index (κ2) is 14.1. The zero-order valence-corrected chi connectivity index (χ0v) is 41.8. The Morgan fingerprint density at radius 3 is 1.68 bits per heavy atom. The Morgan fingerprint density at radius 1 is 0.419 bits per heavy atom. The van der Waals surface area contributed by atoms with Gasteiger partial charge in [-0.25, -0.2) is 0 Å².